The standard InChI is InChI=1S/C28H29FN4O4.C2HF3O2/c1-16-13-32(14-26(34)33(16)21-12-20-6-4-5-7-25(20)37-15-21)28(36)22-10-19(8-9-23(22)29)11-24-17(2)18(3)27(35)31-30-24;3-2(4,5)1(6)7/h4-10,16,21H,11-15H2,1-3H3,(H,31,35);(H,6,7). The molecule has 0 bridgehead atoms. The number of piperazine rings is 1. The number of fused-ring (bicyclic) bond motifs is 1. The molecule has 2 amide bonds. The van der Waals surface area contributed by atoms with Gasteiger partial charge >= 0.3 is 12.1 Å². The largest absolute Gasteiger partial charge is 0.491 e. The third-order valence-corrected chi connectivity index (χ3v) is 7.62. The summed E-state index contributed by atoms with van der Waals surface area (Å²) in [6.45, 7) is 6.00. The van der Waals surface area contributed by atoms with Gasteiger partial charge in [-0.3, -0.25) is 14.4 Å². The van der Waals surface area contributed by atoms with E-state index in [1.807, 2.05) is 38.1 Å². The molecule has 2 atom stereocenters. The topological polar surface area (TPSA) is 133 Å². The van der Waals surface area contributed by atoms with Crippen molar-refractivity contribution in [1.82, 2.24) is 20.0 Å². The number of aliphatic carboxylic acids is 1. The summed E-state index contributed by atoms with van der Waals surface area (Å²) in [5, 5.41) is 13.7. The Morgan fingerprint density at radius 1 is 1.11 bits per heavy atom. The smallest absolute Gasteiger partial charge is 0.490 e. The van der Waals surface area contributed by atoms with E-state index >= 15 is 0 Å². The molecule has 2 unspecified atom stereocenters. The number of carboxylic acid groups (broad SMARTS) is 1. The summed E-state index contributed by atoms with van der Waals surface area (Å²) in [5.41, 5.74) is 3.38. The zero-order valence-corrected chi connectivity index (χ0v) is 24.1. The van der Waals surface area contributed by atoms with Gasteiger partial charge < -0.3 is 19.6 Å². The average molecular weight is 619 g/mol. The number of carbonyl (C=O) groups excluding carboxylic acids is 2. The van der Waals surface area contributed by atoms with Crippen LogP contribution in [-0.4, -0.2) is 80.8 Å². The minimum Gasteiger partial charge on any atom is -0.491 e. The molecule has 3 aromatic rings. The molecule has 2 N–H and O–H groups in total. The number of rotatable bonds is 4. The van der Waals surface area contributed by atoms with Gasteiger partial charge in [0, 0.05) is 24.6 Å². The molecule has 14 heteroatoms. The van der Waals surface area contributed by atoms with E-state index in [1.165, 1.54) is 17.0 Å². The molecule has 2 aliphatic heterocycles. The first-order valence-corrected chi connectivity index (χ1v) is 13.6. The van der Waals surface area contributed by atoms with Gasteiger partial charge in [0.05, 0.1) is 17.3 Å². The van der Waals surface area contributed by atoms with Crippen molar-refractivity contribution in [2.45, 2.75) is 51.9 Å². The Bertz CT molecular complexity index is 1640. The lowest BCUT2D eigenvalue weighted by Crippen LogP contribution is -2.61. The van der Waals surface area contributed by atoms with Crippen LogP contribution < -0.4 is 10.3 Å². The molecule has 0 spiro atoms. The van der Waals surface area contributed by atoms with Crippen LogP contribution in [0, 0.1) is 19.7 Å². The van der Waals surface area contributed by atoms with Crippen molar-refractivity contribution in [3.63, 3.8) is 0 Å². The fourth-order valence-electron chi connectivity index (χ4n) is 5.23. The highest BCUT2D eigenvalue weighted by Crippen LogP contribution is 2.29. The summed E-state index contributed by atoms with van der Waals surface area (Å²) < 4.78 is 52.4. The van der Waals surface area contributed by atoms with Gasteiger partial charge in [-0.15, -0.1) is 0 Å². The van der Waals surface area contributed by atoms with E-state index in [9.17, 15) is 31.9 Å². The monoisotopic (exact) mass is 618 g/mol. The van der Waals surface area contributed by atoms with Crippen LogP contribution in [0.5, 0.6) is 5.75 Å². The number of halogens is 4. The van der Waals surface area contributed by atoms with Crippen molar-refractivity contribution >= 4 is 17.8 Å². The summed E-state index contributed by atoms with van der Waals surface area (Å²) in [4.78, 5) is 50.5. The highest BCUT2D eigenvalue weighted by atomic mass is 19.4. The van der Waals surface area contributed by atoms with Crippen LogP contribution in [0.2, 0.25) is 0 Å². The molecular weight excluding hydrogens is 588 g/mol. The van der Waals surface area contributed by atoms with Gasteiger partial charge in [-0.2, -0.15) is 18.3 Å². The van der Waals surface area contributed by atoms with Gasteiger partial charge in [0.15, 0.2) is 0 Å². The van der Waals surface area contributed by atoms with Crippen molar-refractivity contribution in [3.8, 4) is 5.75 Å². The molecule has 1 saturated heterocycles. The summed E-state index contributed by atoms with van der Waals surface area (Å²) in [6, 6.07) is 11.8. The third-order valence-electron chi connectivity index (χ3n) is 7.62. The number of carboxylic acids is 1. The van der Waals surface area contributed by atoms with Crippen LogP contribution in [0.15, 0.2) is 47.3 Å². The van der Waals surface area contributed by atoms with Gasteiger partial charge in [-0.05, 0) is 62.1 Å². The molecule has 2 aromatic carbocycles. The minimum atomic E-state index is -5.08. The van der Waals surface area contributed by atoms with E-state index in [-0.39, 0.29) is 35.7 Å². The average Bonchev–Trinajstić information content (AvgIpc) is 2.97. The second kappa shape index (κ2) is 12.9. The Kier molecular flexibility index (Phi) is 9.40. The number of aromatic amines is 1. The summed E-state index contributed by atoms with van der Waals surface area (Å²) in [6.07, 6.45) is -4.06. The van der Waals surface area contributed by atoms with E-state index in [0.29, 0.717) is 42.8 Å². The zero-order valence-electron chi connectivity index (χ0n) is 24.1. The van der Waals surface area contributed by atoms with Crippen molar-refractivity contribution in [2.75, 3.05) is 19.7 Å². The Balaban J connectivity index is 0.000000566. The van der Waals surface area contributed by atoms with E-state index in [0.717, 1.165) is 16.9 Å². The minimum absolute atomic E-state index is 0.0836. The van der Waals surface area contributed by atoms with Gasteiger partial charge in [0.25, 0.3) is 11.5 Å². The second-order valence-corrected chi connectivity index (χ2v) is 10.7. The quantitative estimate of drug-likeness (QED) is 0.428. The predicted octanol–water partition coefficient (Wildman–Crippen LogP) is 3.43. The highest BCUT2D eigenvalue weighted by Gasteiger charge is 2.39. The van der Waals surface area contributed by atoms with Gasteiger partial charge in [-0.1, -0.05) is 24.3 Å². The maximum atomic E-state index is 14.8. The van der Waals surface area contributed by atoms with Crippen LogP contribution in [0.1, 0.15) is 45.2 Å². The number of para-hydroxylation sites is 1. The number of aromatic nitrogens is 2. The number of H-pyrrole nitrogens is 1. The first kappa shape index (κ1) is 32.2. The Hall–Kier alpha value is -4.75. The van der Waals surface area contributed by atoms with Crippen LogP contribution >= 0.6 is 0 Å². The maximum absolute atomic E-state index is 14.8. The number of amides is 2. The maximum Gasteiger partial charge on any atom is 0.490 e. The first-order valence-electron chi connectivity index (χ1n) is 13.6. The van der Waals surface area contributed by atoms with Crippen molar-refractivity contribution in [2.24, 2.45) is 0 Å². The van der Waals surface area contributed by atoms with E-state index in [1.54, 1.807) is 17.9 Å². The number of benzene rings is 2. The van der Waals surface area contributed by atoms with Crippen LogP contribution in [0.25, 0.3) is 0 Å². The highest BCUT2D eigenvalue weighted by molar-refractivity contribution is 5.97. The van der Waals surface area contributed by atoms with Crippen molar-refractivity contribution in [3.05, 3.63) is 92.1 Å². The fraction of sp³-hybridized carbons (Fsp3) is 0.367. The Morgan fingerprint density at radius 2 is 1.80 bits per heavy atom. The number of nitrogens with zero attached hydrogens (tertiary/aromatic N) is 3. The number of carbonyl (C=O) groups is 3. The van der Waals surface area contributed by atoms with E-state index in [2.05, 4.69) is 10.2 Å². The zero-order chi connectivity index (χ0) is 32.3. The molecular formula is C30H30F4N4O6. The lowest BCUT2D eigenvalue weighted by Gasteiger charge is -2.44. The normalized spacial score (nSPS) is 18.1. The molecule has 1 aromatic heterocycles. The molecule has 5 rings (SSSR count). The number of alkyl halides is 3. The SMILES string of the molecule is Cc1c(Cc2ccc(F)c(C(=O)N3CC(=O)N(C4COc5ccccc5C4)C(C)C3)c2)n[nH]c(=O)c1C.O=C(O)C(F)(F)F. The van der Waals surface area contributed by atoms with E-state index in [4.69, 9.17) is 14.6 Å². The fourth-order valence-corrected chi connectivity index (χ4v) is 5.23. The molecule has 0 saturated carbocycles. The molecule has 3 heterocycles. The van der Waals surface area contributed by atoms with Crippen LogP contribution in [-0.2, 0) is 22.4 Å². The predicted molar refractivity (Wildman–Crippen MR) is 149 cm³/mol. The number of nitrogens with one attached hydrogen (secondary N) is 1. The Morgan fingerprint density at radius 3 is 2.45 bits per heavy atom. The van der Waals surface area contributed by atoms with Gasteiger partial charge in [0.1, 0.15) is 24.7 Å². The summed E-state index contributed by atoms with van der Waals surface area (Å²) in [5.74, 6) is -3.26. The number of hydrogen-bond donors (Lipinski definition) is 2. The summed E-state index contributed by atoms with van der Waals surface area (Å²) in [7, 11) is 0. The molecule has 0 aliphatic carbocycles. The van der Waals surface area contributed by atoms with Crippen LogP contribution in [0.3, 0.4) is 0 Å². The van der Waals surface area contributed by atoms with Crippen LogP contribution in [0.4, 0.5) is 17.6 Å². The first-order chi connectivity index (χ1) is 20.7. The second-order valence-electron chi connectivity index (χ2n) is 10.7. The van der Waals surface area contributed by atoms with Crippen molar-refractivity contribution < 1.29 is 41.8 Å². The van der Waals surface area contributed by atoms with E-state index < -0.39 is 23.9 Å². The van der Waals surface area contributed by atoms with Gasteiger partial charge in [-0.25, -0.2) is 14.3 Å². The summed E-state index contributed by atoms with van der Waals surface area (Å²) >= 11 is 0. The molecule has 0 radical (unpaired) electrons. The lowest BCUT2D eigenvalue weighted by molar-refractivity contribution is -0.192. The lowest BCUT2D eigenvalue weighted by atomic mass is 9.98. The molecule has 234 valence electrons. The van der Waals surface area contributed by atoms with Gasteiger partial charge in [0.2, 0.25) is 5.91 Å². The van der Waals surface area contributed by atoms with Crippen molar-refractivity contribution in [1.29, 1.82) is 0 Å². The molecule has 2 aliphatic rings. The molecule has 10 nitrogen and oxygen atoms in total. The third kappa shape index (κ3) is 7.06. The molecule has 44 heavy (non-hydrogen) atoms. The number of ether oxygens (including phenoxy) is 1. The Labute approximate surface area is 249 Å². The number of hydrogen-bond acceptors (Lipinski definition) is 6. The molecule has 1 fully saturated rings.